The molecule has 0 aromatic rings. The van der Waals surface area contributed by atoms with Gasteiger partial charge in [0.1, 0.15) is 0 Å². The topological polar surface area (TPSA) is 26.7 Å². The molecule has 1 N–H and O–H groups in total. The standard InChI is InChI=1S/C16H32N2O/c1-5-14-12-18(10-9-17(14)4)11-13-7-6-8-16(2,3)15(13)19/h13-15,19H,5-12H2,1-4H3. The molecule has 0 aromatic carbocycles. The summed E-state index contributed by atoms with van der Waals surface area (Å²) in [5.41, 5.74) is 0.111. The largest absolute Gasteiger partial charge is 0.392 e. The SMILES string of the molecule is CCC1CN(CC2CCCC(C)(C)C2O)CCN1C. The Kier molecular flexibility index (Phi) is 4.91. The summed E-state index contributed by atoms with van der Waals surface area (Å²) in [6.07, 6.45) is 4.75. The second-order valence-corrected chi connectivity index (χ2v) is 7.39. The molecule has 0 aromatic heterocycles. The van der Waals surface area contributed by atoms with E-state index in [1.165, 1.54) is 38.8 Å². The summed E-state index contributed by atoms with van der Waals surface area (Å²) in [7, 11) is 2.24. The summed E-state index contributed by atoms with van der Waals surface area (Å²) in [5.74, 6) is 0.477. The van der Waals surface area contributed by atoms with Crippen LogP contribution in [0.25, 0.3) is 0 Å². The predicted octanol–water partition coefficient (Wildman–Crippen LogP) is 2.20. The normalized spacial score (nSPS) is 37.4. The molecule has 3 unspecified atom stereocenters. The Morgan fingerprint density at radius 1 is 1.26 bits per heavy atom. The molecular formula is C16H32N2O. The monoisotopic (exact) mass is 268 g/mol. The maximum absolute atomic E-state index is 10.6. The minimum absolute atomic E-state index is 0.111. The van der Waals surface area contributed by atoms with Crippen LogP contribution in [-0.4, -0.2) is 60.3 Å². The zero-order chi connectivity index (χ0) is 14.0. The van der Waals surface area contributed by atoms with Gasteiger partial charge in [0.25, 0.3) is 0 Å². The Labute approximate surface area is 119 Å². The Balaban J connectivity index is 1.90. The van der Waals surface area contributed by atoms with E-state index < -0.39 is 0 Å². The summed E-state index contributed by atoms with van der Waals surface area (Å²) in [5, 5.41) is 10.6. The second kappa shape index (κ2) is 6.11. The molecule has 0 radical (unpaired) electrons. The summed E-state index contributed by atoms with van der Waals surface area (Å²) in [4.78, 5) is 5.07. The third kappa shape index (κ3) is 3.50. The van der Waals surface area contributed by atoms with Crippen molar-refractivity contribution in [2.75, 3.05) is 33.2 Å². The van der Waals surface area contributed by atoms with Crippen LogP contribution in [-0.2, 0) is 0 Å². The van der Waals surface area contributed by atoms with Crippen molar-refractivity contribution in [3.63, 3.8) is 0 Å². The van der Waals surface area contributed by atoms with Crippen molar-refractivity contribution in [3.8, 4) is 0 Å². The van der Waals surface area contributed by atoms with E-state index in [1.807, 2.05) is 0 Å². The molecule has 1 aliphatic heterocycles. The van der Waals surface area contributed by atoms with E-state index in [1.54, 1.807) is 0 Å². The van der Waals surface area contributed by atoms with E-state index in [2.05, 4.69) is 37.6 Å². The number of piperazine rings is 1. The molecule has 0 amide bonds. The molecule has 2 rings (SSSR count). The maximum Gasteiger partial charge on any atom is 0.0631 e. The lowest BCUT2D eigenvalue weighted by atomic mass is 9.69. The molecule has 112 valence electrons. The lowest BCUT2D eigenvalue weighted by Crippen LogP contribution is -2.54. The van der Waals surface area contributed by atoms with Crippen LogP contribution < -0.4 is 0 Å². The molecule has 2 aliphatic rings. The molecule has 2 fully saturated rings. The van der Waals surface area contributed by atoms with Gasteiger partial charge in [0.05, 0.1) is 6.10 Å². The smallest absolute Gasteiger partial charge is 0.0631 e. The van der Waals surface area contributed by atoms with Crippen LogP contribution in [0.2, 0.25) is 0 Å². The van der Waals surface area contributed by atoms with Gasteiger partial charge >= 0.3 is 0 Å². The van der Waals surface area contributed by atoms with Crippen molar-refractivity contribution in [2.24, 2.45) is 11.3 Å². The van der Waals surface area contributed by atoms with E-state index >= 15 is 0 Å². The minimum atomic E-state index is -0.124. The van der Waals surface area contributed by atoms with Gasteiger partial charge < -0.3 is 14.9 Å². The first-order chi connectivity index (χ1) is 8.94. The van der Waals surface area contributed by atoms with Crippen molar-refractivity contribution >= 4 is 0 Å². The molecule has 1 saturated heterocycles. The quantitative estimate of drug-likeness (QED) is 0.850. The van der Waals surface area contributed by atoms with E-state index in [0.717, 1.165) is 13.1 Å². The van der Waals surface area contributed by atoms with Crippen molar-refractivity contribution in [1.29, 1.82) is 0 Å². The zero-order valence-electron chi connectivity index (χ0n) is 13.2. The first-order valence-corrected chi connectivity index (χ1v) is 8.04. The van der Waals surface area contributed by atoms with Gasteiger partial charge in [-0.3, -0.25) is 0 Å². The average Bonchev–Trinajstić information content (AvgIpc) is 2.37. The predicted molar refractivity (Wildman–Crippen MR) is 80.3 cm³/mol. The van der Waals surface area contributed by atoms with Gasteiger partial charge in [-0.15, -0.1) is 0 Å². The van der Waals surface area contributed by atoms with E-state index in [0.29, 0.717) is 12.0 Å². The highest BCUT2D eigenvalue weighted by atomic mass is 16.3. The lowest BCUT2D eigenvalue weighted by molar-refractivity contribution is -0.0491. The summed E-state index contributed by atoms with van der Waals surface area (Å²) >= 11 is 0. The lowest BCUT2D eigenvalue weighted by Gasteiger charge is -2.45. The summed E-state index contributed by atoms with van der Waals surface area (Å²) in [6, 6.07) is 0.697. The molecular weight excluding hydrogens is 236 g/mol. The van der Waals surface area contributed by atoms with E-state index in [9.17, 15) is 5.11 Å². The third-order valence-corrected chi connectivity index (χ3v) is 5.47. The van der Waals surface area contributed by atoms with Gasteiger partial charge in [0, 0.05) is 32.2 Å². The molecule has 3 nitrogen and oxygen atoms in total. The third-order valence-electron chi connectivity index (χ3n) is 5.47. The van der Waals surface area contributed by atoms with Gasteiger partial charge in [0.15, 0.2) is 0 Å². The molecule has 3 atom stereocenters. The highest BCUT2D eigenvalue weighted by molar-refractivity contribution is 4.90. The van der Waals surface area contributed by atoms with Crippen LogP contribution in [0.4, 0.5) is 0 Å². The molecule has 19 heavy (non-hydrogen) atoms. The molecule has 0 spiro atoms. The van der Waals surface area contributed by atoms with Gasteiger partial charge in [-0.05, 0) is 37.6 Å². The van der Waals surface area contributed by atoms with Crippen LogP contribution in [0.1, 0.15) is 46.5 Å². The van der Waals surface area contributed by atoms with Crippen molar-refractivity contribution in [2.45, 2.75) is 58.6 Å². The van der Waals surface area contributed by atoms with Crippen molar-refractivity contribution in [3.05, 3.63) is 0 Å². The van der Waals surface area contributed by atoms with Gasteiger partial charge in [-0.25, -0.2) is 0 Å². The second-order valence-electron chi connectivity index (χ2n) is 7.39. The highest BCUT2D eigenvalue weighted by Gasteiger charge is 2.38. The van der Waals surface area contributed by atoms with Crippen LogP contribution in [0.3, 0.4) is 0 Å². The molecule has 3 heteroatoms. The zero-order valence-corrected chi connectivity index (χ0v) is 13.2. The Hall–Kier alpha value is -0.120. The van der Waals surface area contributed by atoms with Crippen LogP contribution in [0.5, 0.6) is 0 Å². The summed E-state index contributed by atoms with van der Waals surface area (Å²) < 4.78 is 0. The molecule has 1 aliphatic carbocycles. The first kappa shape index (κ1) is 15.3. The van der Waals surface area contributed by atoms with Gasteiger partial charge in [0.2, 0.25) is 0 Å². The number of rotatable bonds is 3. The fourth-order valence-electron chi connectivity index (χ4n) is 3.90. The average molecular weight is 268 g/mol. The fraction of sp³-hybridized carbons (Fsp3) is 1.00. The number of aliphatic hydroxyl groups is 1. The maximum atomic E-state index is 10.6. The van der Waals surface area contributed by atoms with E-state index in [4.69, 9.17) is 0 Å². The first-order valence-electron chi connectivity index (χ1n) is 8.04. The number of aliphatic hydroxyl groups excluding tert-OH is 1. The van der Waals surface area contributed by atoms with Gasteiger partial charge in [-0.2, -0.15) is 0 Å². The van der Waals surface area contributed by atoms with Crippen molar-refractivity contribution in [1.82, 2.24) is 9.80 Å². The van der Waals surface area contributed by atoms with Gasteiger partial charge in [-0.1, -0.05) is 27.2 Å². The fourth-order valence-corrected chi connectivity index (χ4v) is 3.90. The number of nitrogens with zero attached hydrogens (tertiary/aromatic N) is 2. The molecule has 1 heterocycles. The number of likely N-dealkylation sites (N-methyl/N-ethyl adjacent to an activating group) is 1. The molecule has 1 saturated carbocycles. The Bertz CT molecular complexity index is 292. The minimum Gasteiger partial charge on any atom is -0.392 e. The van der Waals surface area contributed by atoms with Crippen LogP contribution in [0, 0.1) is 11.3 Å². The summed E-state index contributed by atoms with van der Waals surface area (Å²) in [6.45, 7) is 11.3. The Morgan fingerprint density at radius 2 is 2.00 bits per heavy atom. The highest BCUT2D eigenvalue weighted by Crippen LogP contribution is 2.39. The van der Waals surface area contributed by atoms with Crippen LogP contribution >= 0.6 is 0 Å². The number of hydrogen-bond acceptors (Lipinski definition) is 3. The molecule has 0 bridgehead atoms. The van der Waals surface area contributed by atoms with Crippen LogP contribution in [0.15, 0.2) is 0 Å². The van der Waals surface area contributed by atoms with Crippen molar-refractivity contribution < 1.29 is 5.11 Å². The number of hydrogen-bond donors (Lipinski definition) is 1. The van der Waals surface area contributed by atoms with E-state index in [-0.39, 0.29) is 11.5 Å². The Morgan fingerprint density at radius 3 is 2.68 bits per heavy atom.